The van der Waals surface area contributed by atoms with Gasteiger partial charge >= 0.3 is 0 Å². The normalized spacial score (nSPS) is 10.5. The topological polar surface area (TPSA) is 12.0 Å². The van der Waals surface area contributed by atoms with Gasteiger partial charge in [0.2, 0.25) is 0 Å². The second-order valence-corrected chi connectivity index (χ2v) is 5.34. The molecule has 0 radical (unpaired) electrons. The Kier molecular flexibility index (Phi) is 4.26. The molecule has 0 unspecified atom stereocenters. The van der Waals surface area contributed by atoms with Crippen LogP contribution in [0.1, 0.15) is 27.8 Å². The number of aryl methyl sites for hydroxylation is 5. The van der Waals surface area contributed by atoms with Gasteiger partial charge in [-0.25, -0.2) is 0 Å². The SMILES string of the molecule is CNc1ccc(C)cc1CCc1ccc(C)cc1C. The molecule has 100 valence electrons. The van der Waals surface area contributed by atoms with Gasteiger partial charge in [-0.05, 0) is 56.4 Å². The van der Waals surface area contributed by atoms with Crippen LogP contribution in [0.5, 0.6) is 0 Å². The third-order valence-corrected chi connectivity index (χ3v) is 3.69. The summed E-state index contributed by atoms with van der Waals surface area (Å²) in [6.07, 6.45) is 2.19. The van der Waals surface area contributed by atoms with Crippen molar-refractivity contribution >= 4 is 5.69 Å². The fourth-order valence-corrected chi connectivity index (χ4v) is 2.57. The Hall–Kier alpha value is -1.76. The zero-order chi connectivity index (χ0) is 13.8. The highest BCUT2D eigenvalue weighted by atomic mass is 14.8. The first-order valence-corrected chi connectivity index (χ1v) is 6.93. The molecule has 0 fully saturated rings. The first kappa shape index (κ1) is 13.7. The molecule has 0 saturated carbocycles. The average molecular weight is 253 g/mol. The summed E-state index contributed by atoms with van der Waals surface area (Å²) in [7, 11) is 1.99. The molecule has 0 bridgehead atoms. The van der Waals surface area contributed by atoms with E-state index in [4.69, 9.17) is 0 Å². The van der Waals surface area contributed by atoms with Crippen LogP contribution in [0.25, 0.3) is 0 Å². The third kappa shape index (κ3) is 3.37. The molecule has 0 aliphatic rings. The zero-order valence-corrected chi connectivity index (χ0v) is 12.4. The molecule has 2 rings (SSSR count). The van der Waals surface area contributed by atoms with Crippen molar-refractivity contribution in [3.05, 3.63) is 64.2 Å². The van der Waals surface area contributed by atoms with Crippen molar-refractivity contribution in [3.63, 3.8) is 0 Å². The Labute approximate surface area is 116 Å². The van der Waals surface area contributed by atoms with Crippen molar-refractivity contribution in [1.29, 1.82) is 0 Å². The molecule has 1 nitrogen and oxygen atoms in total. The van der Waals surface area contributed by atoms with Gasteiger partial charge in [-0.15, -0.1) is 0 Å². The van der Waals surface area contributed by atoms with E-state index in [1.54, 1.807) is 0 Å². The Bertz CT molecular complexity index is 570. The molecule has 1 heteroatoms. The lowest BCUT2D eigenvalue weighted by atomic mass is 9.97. The van der Waals surface area contributed by atoms with E-state index >= 15 is 0 Å². The van der Waals surface area contributed by atoms with Gasteiger partial charge in [0.1, 0.15) is 0 Å². The van der Waals surface area contributed by atoms with E-state index in [1.165, 1.54) is 33.5 Å². The lowest BCUT2D eigenvalue weighted by molar-refractivity contribution is 0.946. The fourth-order valence-electron chi connectivity index (χ4n) is 2.57. The molecular formula is C18H23N. The average Bonchev–Trinajstić information content (AvgIpc) is 2.38. The molecule has 2 aromatic carbocycles. The summed E-state index contributed by atoms with van der Waals surface area (Å²) in [5.41, 5.74) is 8.17. The summed E-state index contributed by atoms with van der Waals surface area (Å²) in [5, 5.41) is 3.28. The summed E-state index contributed by atoms with van der Waals surface area (Å²) < 4.78 is 0. The van der Waals surface area contributed by atoms with E-state index in [0.29, 0.717) is 0 Å². The van der Waals surface area contributed by atoms with Crippen LogP contribution in [0.15, 0.2) is 36.4 Å². The van der Waals surface area contributed by atoms with Gasteiger partial charge in [-0.3, -0.25) is 0 Å². The van der Waals surface area contributed by atoms with Gasteiger partial charge in [-0.1, -0.05) is 41.5 Å². The third-order valence-electron chi connectivity index (χ3n) is 3.69. The van der Waals surface area contributed by atoms with Gasteiger partial charge in [-0.2, -0.15) is 0 Å². The minimum absolute atomic E-state index is 1.09. The zero-order valence-electron chi connectivity index (χ0n) is 12.4. The molecule has 2 aromatic rings. The molecule has 19 heavy (non-hydrogen) atoms. The summed E-state index contributed by atoms with van der Waals surface area (Å²) >= 11 is 0. The molecule has 0 amide bonds. The predicted molar refractivity (Wildman–Crippen MR) is 84.0 cm³/mol. The Morgan fingerprint density at radius 2 is 1.42 bits per heavy atom. The summed E-state index contributed by atoms with van der Waals surface area (Å²) in [4.78, 5) is 0. The van der Waals surface area contributed by atoms with Crippen LogP contribution >= 0.6 is 0 Å². The van der Waals surface area contributed by atoms with Gasteiger partial charge in [0, 0.05) is 12.7 Å². The highest BCUT2D eigenvalue weighted by molar-refractivity contribution is 5.52. The molecule has 0 saturated heterocycles. The van der Waals surface area contributed by atoms with Crippen molar-refractivity contribution in [2.75, 3.05) is 12.4 Å². The van der Waals surface area contributed by atoms with Crippen LogP contribution in [0, 0.1) is 20.8 Å². The van der Waals surface area contributed by atoms with Crippen molar-refractivity contribution in [2.45, 2.75) is 33.6 Å². The first-order chi connectivity index (χ1) is 9.10. The number of benzene rings is 2. The number of anilines is 1. The van der Waals surface area contributed by atoms with E-state index in [9.17, 15) is 0 Å². The molecule has 0 atom stereocenters. The van der Waals surface area contributed by atoms with Gasteiger partial charge < -0.3 is 5.32 Å². The predicted octanol–water partition coefficient (Wildman–Crippen LogP) is 4.44. The summed E-state index contributed by atoms with van der Waals surface area (Å²) in [6, 6.07) is 13.4. The maximum atomic E-state index is 3.28. The molecule has 0 aromatic heterocycles. The van der Waals surface area contributed by atoms with Crippen molar-refractivity contribution in [3.8, 4) is 0 Å². The van der Waals surface area contributed by atoms with Crippen LogP contribution in [0.3, 0.4) is 0 Å². The molecule has 0 spiro atoms. The number of rotatable bonds is 4. The van der Waals surface area contributed by atoms with E-state index in [2.05, 4.69) is 62.5 Å². The van der Waals surface area contributed by atoms with Gasteiger partial charge in [0.05, 0.1) is 0 Å². The van der Waals surface area contributed by atoms with Crippen LogP contribution < -0.4 is 5.32 Å². The Balaban J connectivity index is 2.16. The van der Waals surface area contributed by atoms with Crippen molar-refractivity contribution < 1.29 is 0 Å². The molecular weight excluding hydrogens is 230 g/mol. The van der Waals surface area contributed by atoms with Crippen LogP contribution in [-0.2, 0) is 12.8 Å². The lowest BCUT2D eigenvalue weighted by Gasteiger charge is -2.12. The highest BCUT2D eigenvalue weighted by Crippen LogP contribution is 2.20. The molecule has 0 heterocycles. The van der Waals surface area contributed by atoms with E-state index in [-0.39, 0.29) is 0 Å². The van der Waals surface area contributed by atoms with Crippen LogP contribution in [-0.4, -0.2) is 7.05 Å². The molecule has 0 aliphatic carbocycles. The number of nitrogens with one attached hydrogen (secondary N) is 1. The minimum atomic E-state index is 1.09. The maximum Gasteiger partial charge on any atom is 0.0370 e. The van der Waals surface area contributed by atoms with E-state index in [1.807, 2.05) is 7.05 Å². The maximum absolute atomic E-state index is 3.28. The Morgan fingerprint density at radius 1 is 0.789 bits per heavy atom. The summed E-state index contributed by atoms with van der Waals surface area (Å²) in [6.45, 7) is 6.51. The largest absolute Gasteiger partial charge is 0.388 e. The van der Waals surface area contributed by atoms with Gasteiger partial charge in [0.15, 0.2) is 0 Å². The van der Waals surface area contributed by atoms with Crippen LogP contribution in [0.2, 0.25) is 0 Å². The lowest BCUT2D eigenvalue weighted by Crippen LogP contribution is -2.00. The molecule has 1 N–H and O–H groups in total. The highest BCUT2D eigenvalue weighted by Gasteiger charge is 2.04. The number of hydrogen-bond acceptors (Lipinski definition) is 1. The second-order valence-electron chi connectivity index (χ2n) is 5.34. The smallest absolute Gasteiger partial charge is 0.0370 e. The van der Waals surface area contributed by atoms with Crippen molar-refractivity contribution in [2.24, 2.45) is 0 Å². The minimum Gasteiger partial charge on any atom is -0.388 e. The quantitative estimate of drug-likeness (QED) is 0.849. The van der Waals surface area contributed by atoms with Crippen molar-refractivity contribution in [1.82, 2.24) is 0 Å². The van der Waals surface area contributed by atoms with Gasteiger partial charge in [0.25, 0.3) is 0 Å². The summed E-state index contributed by atoms with van der Waals surface area (Å²) in [5.74, 6) is 0. The van der Waals surface area contributed by atoms with Crippen LogP contribution in [0.4, 0.5) is 5.69 Å². The number of hydrogen-bond donors (Lipinski definition) is 1. The van der Waals surface area contributed by atoms with E-state index < -0.39 is 0 Å². The standard InChI is InChI=1S/C18H23N/c1-13-5-7-16(15(3)11-13)8-9-17-12-14(2)6-10-18(17)19-4/h5-7,10-12,19H,8-9H2,1-4H3. The Morgan fingerprint density at radius 3 is 2.11 bits per heavy atom. The molecule has 0 aliphatic heterocycles. The fraction of sp³-hybridized carbons (Fsp3) is 0.333. The van der Waals surface area contributed by atoms with E-state index in [0.717, 1.165) is 12.8 Å². The first-order valence-electron chi connectivity index (χ1n) is 6.93. The second kappa shape index (κ2) is 5.92. The monoisotopic (exact) mass is 253 g/mol.